The van der Waals surface area contributed by atoms with Crippen molar-refractivity contribution >= 4 is 11.3 Å². The van der Waals surface area contributed by atoms with E-state index in [2.05, 4.69) is 27.6 Å². The van der Waals surface area contributed by atoms with E-state index in [1.165, 1.54) is 24.1 Å². The van der Waals surface area contributed by atoms with Crippen molar-refractivity contribution in [2.75, 3.05) is 20.2 Å². The van der Waals surface area contributed by atoms with Gasteiger partial charge in [-0.1, -0.05) is 18.6 Å². The lowest BCUT2D eigenvalue weighted by Gasteiger charge is -2.26. The number of thiazole rings is 1. The highest BCUT2D eigenvalue weighted by Gasteiger charge is 2.11. The Balaban J connectivity index is 1.62. The molecule has 1 aromatic carbocycles. The van der Waals surface area contributed by atoms with Crippen LogP contribution in [-0.2, 0) is 6.54 Å². The molecule has 0 amide bonds. The fraction of sp³-hybridized carbons (Fsp3) is 0.438. The van der Waals surface area contributed by atoms with E-state index in [4.69, 9.17) is 4.74 Å². The molecular weight excluding hydrogens is 282 g/mol. The second-order valence-corrected chi connectivity index (χ2v) is 6.35. The van der Waals surface area contributed by atoms with Gasteiger partial charge in [0, 0.05) is 19.3 Å². The van der Waals surface area contributed by atoms with Gasteiger partial charge in [-0.15, -0.1) is 11.3 Å². The molecule has 0 spiro atoms. The summed E-state index contributed by atoms with van der Waals surface area (Å²) in [6.45, 7) is 3.11. The molecule has 4 nitrogen and oxygen atoms in total. The normalized spacial score (nSPS) is 16.0. The molecule has 0 atom stereocenters. The number of methoxy groups -OCH3 is 1. The minimum Gasteiger partial charge on any atom is -0.497 e. The van der Waals surface area contributed by atoms with Gasteiger partial charge >= 0.3 is 0 Å². The van der Waals surface area contributed by atoms with E-state index in [0.717, 1.165) is 36.0 Å². The van der Waals surface area contributed by atoms with Gasteiger partial charge in [0.15, 0.2) is 0 Å². The number of aromatic nitrogens is 1. The Morgan fingerprint density at radius 2 is 2.14 bits per heavy atom. The van der Waals surface area contributed by atoms with Crippen LogP contribution in [0.4, 0.5) is 0 Å². The molecule has 0 unspecified atom stereocenters. The monoisotopic (exact) mass is 303 g/mol. The zero-order valence-corrected chi connectivity index (χ0v) is 13.2. The maximum absolute atomic E-state index is 5.28. The quantitative estimate of drug-likeness (QED) is 0.919. The number of nitrogens with one attached hydrogen (secondary N) is 1. The highest BCUT2D eigenvalue weighted by molar-refractivity contribution is 7.15. The number of piperidine rings is 1. The number of ether oxygens (including phenoxy) is 1. The van der Waals surface area contributed by atoms with Crippen molar-refractivity contribution in [1.29, 1.82) is 0 Å². The van der Waals surface area contributed by atoms with Gasteiger partial charge in [0.25, 0.3) is 0 Å². The summed E-state index contributed by atoms with van der Waals surface area (Å²) >= 11 is 1.74. The lowest BCUT2D eigenvalue weighted by Crippen LogP contribution is -2.41. The molecular formula is C16H21N3OS. The summed E-state index contributed by atoms with van der Waals surface area (Å²) in [6, 6.07) is 8.12. The third-order valence-electron chi connectivity index (χ3n) is 3.72. The summed E-state index contributed by atoms with van der Waals surface area (Å²) in [7, 11) is 1.69. The standard InChI is InChI=1S/C16H21N3OS/c1-20-14-7-5-6-13(10-14)15-11-17-16(21-15)12-18-19-8-3-2-4-9-19/h5-7,10-11,18H,2-4,8-9,12H2,1H3. The Bertz CT molecular complexity index is 578. The fourth-order valence-corrected chi connectivity index (χ4v) is 3.38. The third kappa shape index (κ3) is 3.81. The average molecular weight is 303 g/mol. The summed E-state index contributed by atoms with van der Waals surface area (Å²) in [5.74, 6) is 0.883. The number of benzene rings is 1. The first-order chi connectivity index (χ1) is 10.3. The largest absolute Gasteiger partial charge is 0.497 e. The van der Waals surface area contributed by atoms with Crippen LogP contribution in [0.15, 0.2) is 30.5 Å². The van der Waals surface area contributed by atoms with Gasteiger partial charge in [0.1, 0.15) is 10.8 Å². The first-order valence-corrected chi connectivity index (χ1v) is 8.24. The average Bonchev–Trinajstić information content (AvgIpc) is 3.03. The van der Waals surface area contributed by atoms with Gasteiger partial charge in [-0.25, -0.2) is 15.4 Å². The third-order valence-corrected chi connectivity index (χ3v) is 4.76. The first-order valence-electron chi connectivity index (χ1n) is 7.43. The van der Waals surface area contributed by atoms with Gasteiger partial charge in [-0.05, 0) is 30.5 Å². The number of hydrazine groups is 1. The highest BCUT2D eigenvalue weighted by Crippen LogP contribution is 2.28. The summed E-state index contributed by atoms with van der Waals surface area (Å²) < 4.78 is 5.28. The molecule has 1 saturated heterocycles. The van der Waals surface area contributed by atoms with Gasteiger partial charge in [0.05, 0.1) is 18.5 Å². The van der Waals surface area contributed by atoms with E-state index < -0.39 is 0 Å². The van der Waals surface area contributed by atoms with E-state index >= 15 is 0 Å². The number of hydrogen-bond acceptors (Lipinski definition) is 5. The van der Waals surface area contributed by atoms with E-state index in [1.54, 1.807) is 18.4 Å². The Morgan fingerprint density at radius 3 is 2.95 bits per heavy atom. The van der Waals surface area contributed by atoms with Crippen molar-refractivity contribution in [1.82, 2.24) is 15.4 Å². The van der Waals surface area contributed by atoms with Crippen molar-refractivity contribution in [2.24, 2.45) is 0 Å². The summed E-state index contributed by atoms with van der Waals surface area (Å²) in [6.07, 6.45) is 5.89. The fourth-order valence-electron chi connectivity index (χ4n) is 2.53. The molecule has 0 radical (unpaired) electrons. The Morgan fingerprint density at radius 1 is 1.29 bits per heavy atom. The van der Waals surface area contributed by atoms with Gasteiger partial charge < -0.3 is 4.74 Å². The summed E-state index contributed by atoms with van der Waals surface area (Å²) in [5, 5.41) is 3.44. The van der Waals surface area contributed by atoms with Crippen LogP contribution in [0.5, 0.6) is 5.75 Å². The lowest BCUT2D eigenvalue weighted by molar-refractivity contribution is 0.151. The molecule has 1 fully saturated rings. The topological polar surface area (TPSA) is 37.4 Å². The minimum atomic E-state index is 0.814. The molecule has 1 aliphatic rings. The van der Waals surface area contributed by atoms with Crippen LogP contribution < -0.4 is 10.2 Å². The van der Waals surface area contributed by atoms with Gasteiger partial charge in [-0.2, -0.15) is 0 Å². The Kier molecular flexibility index (Phi) is 4.85. The van der Waals surface area contributed by atoms with Crippen LogP contribution in [0.1, 0.15) is 24.3 Å². The Hall–Kier alpha value is -1.43. The Labute approximate surface area is 129 Å². The summed E-state index contributed by atoms with van der Waals surface area (Å²) in [5.41, 5.74) is 4.64. The van der Waals surface area contributed by atoms with Gasteiger partial charge in [0.2, 0.25) is 0 Å². The van der Waals surface area contributed by atoms with E-state index in [1.807, 2.05) is 18.3 Å². The second-order valence-electron chi connectivity index (χ2n) is 5.23. The van der Waals surface area contributed by atoms with Crippen molar-refractivity contribution in [2.45, 2.75) is 25.8 Å². The van der Waals surface area contributed by atoms with Crippen LogP contribution in [0.25, 0.3) is 10.4 Å². The van der Waals surface area contributed by atoms with E-state index in [9.17, 15) is 0 Å². The van der Waals surface area contributed by atoms with Crippen molar-refractivity contribution in [3.63, 3.8) is 0 Å². The molecule has 2 aromatic rings. The van der Waals surface area contributed by atoms with Crippen molar-refractivity contribution in [3.05, 3.63) is 35.5 Å². The molecule has 2 heterocycles. The van der Waals surface area contributed by atoms with Crippen LogP contribution in [-0.4, -0.2) is 30.2 Å². The van der Waals surface area contributed by atoms with Crippen LogP contribution in [0.3, 0.4) is 0 Å². The zero-order valence-electron chi connectivity index (χ0n) is 12.3. The van der Waals surface area contributed by atoms with E-state index in [-0.39, 0.29) is 0 Å². The number of rotatable bonds is 5. The van der Waals surface area contributed by atoms with Gasteiger partial charge in [-0.3, -0.25) is 0 Å². The molecule has 0 saturated carbocycles. The molecule has 21 heavy (non-hydrogen) atoms. The van der Waals surface area contributed by atoms with E-state index in [0.29, 0.717) is 0 Å². The van der Waals surface area contributed by atoms with Crippen molar-refractivity contribution in [3.8, 4) is 16.2 Å². The minimum absolute atomic E-state index is 0.814. The predicted octanol–water partition coefficient (Wildman–Crippen LogP) is 3.31. The summed E-state index contributed by atoms with van der Waals surface area (Å²) in [4.78, 5) is 5.71. The first kappa shape index (κ1) is 14.5. The molecule has 1 aliphatic heterocycles. The molecule has 5 heteroatoms. The van der Waals surface area contributed by atoms with Crippen LogP contribution in [0.2, 0.25) is 0 Å². The molecule has 0 bridgehead atoms. The second kappa shape index (κ2) is 7.02. The molecule has 0 aliphatic carbocycles. The molecule has 112 valence electrons. The molecule has 3 rings (SSSR count). The maximum Gasteiger partial charge on any atom is 0.119 e. The molecule has 1 aromatic heterocycles. The zero-order chi connectivity index (χ0) is 14.5. The number of nitrogens with zero attached hydrogens (tertiary/aromatic N) is 2. The van der Waals surface area contributed by atoms with Crippen LogP contribution in [0, 0.1) is 0 Å². The highest BCUT2D eigenvalue weighted by atomic mass is 32.1. The van der Waals surface area contributed by atoms with Crippen LogP contribution >= 0.6 is 11.3 Å². The smallest absolute Gasteiger partial charge is 0.119 e. The number of hydrogen-bond donors (Lipinski definition) is 1. The van der Waals surface area contributed by atoms with Crippen molar-refractivity contribution < 1.29 is 4.74 Å². The molecule has 1 N–H and O–H groups in total. The SMILES string of the molecule is COc1cccc(-c2cnc(CNN3CCCCC3)s2)c1. The lowest BCUT2D eigenvalue weighted by atomic mass is 10.2. The predicted molar refractivity (Wildman–Crippen MR) is 86.4 cm³/mol. The maximum atomic E-state index is 5.28.